The number of benzene rings is 1. The Hall–Kier alpha value is -2.31. The quantitative estimate of drug-likeness (QED) is 0.836. The zero-order valence-electron chi connectivity index (χ0n) is 10.4. The Morgan fingerprint density at radius 2 is 1.75 bits per heavy atom. The molecule has 0 saturated carbocycles. The maximum Gasteiger partial charge on any atom is 0.416 e. The van der Waals surface area contributed by atoms with Gasteiger partial charge in [0.2, 0.25) is 5.91 Å². The van der Waals surface area contributed by atoms with Crippen LogP contribution in [0.1, 0.15) is 24.1 Å². The van der Waals surface area contributed by atoms with Gasteiger partial charge in [-0.05, 0) is 24.6 Å². The molecule has 0 heterocycles. The molecule has 0 saturated heterocycles. The van der Waals surface area contributed by atoms with E-state index in [1.54, 1.807) is 6.92 Å². The molecule has 0 aliphatic carbocycles. The van der Waals surface area contributed by atoms with Gasteiger partial charge in [-0.2, -0.15) is 13.2 Å². The molecule has 1 aromatic carbocycles. The minimum atomic E-state index is -4.41. The fourth-order valence-corrected chi connectivity index (χ4v) is 1.45. The summed E-state index contributed by atoms with van der Waals surface area (Å²) in [5.41, 5.74) is -0.291. The van der Waals surface area contributed by atoms with Crippen molar-refractivity contribution in [1.29, 1.82) is 0 Å². The number of carboxylic acids is 1. The van der Waals surface area contributed by atoms with Crippen molar-refractivity contribution in [1.82, 2.24) is 5.32 Å². The van der Waals surface area contributed by atoms with Crippen LogP contribution in [0.15, 0.2) is 36.4 Å². The molecule has 2 N–H and O–H groups in total. The van der Waals surface area contributed by atoms with Gasteiger partial charge in [0, 0.05) is 12.2 Å². The molecule has 0 aliphatic heterocycles. The second-order valence-electron chi connectivity index (χ2n) is 4.02. The predicted molar refractivity (Wildman–Crippen MR) is 64.8 cm³/mol. The number of carbonyl (C=O) groups is 2. The standard InChI is InChI=1S/C13H12F3NO3/c1-8(17-11(18)6-7-12(19)20)9-2-4-10(5-3-9)13(14,15)16/h2-8H,1H3,(H,17,18)(H,19,20)/b7-6+. The first-order valence-electron chi connectivity index (χ1n) is 5.59. The minimum Gasteiger partial charge on any atom is -0.478 e. The average molecular weight is 287 g/mol. The van der Waals surface area contributed by atoms with Crippen molar-refractivity contribution in [3.63, 3.8) is 0 Å². The van der Waals surface area contributed by atoms with Crippen molar-refractivity contribution in [2.75, 3.05) is 0 Å². The van der Waals surface area contributed by atoms with Crippen LogP contribution >= 0.6 is 0 Å². The van der Waals surface area contributed by atoms with Gasteiger partial charge < -0.3 is 10.4 Å². The SMILES string of the molecule is CC(NC(=O)/C=C/C(=O)O)c1ccc(C(F)(F)F)cc1. The molecule has 108 valence electrons. The highest BCUT2D eigenvalue weighted by molar-refractivity contribution is 5.94. The van der Waals surface area contributed by atoms with Crippen molar-refractivity contribution >= 4 is 11.9 Å². The van der Waals surface area contributed by atoms with Crippen molar-refractivity contribution < 1.29 is 27.9 Å². The third kappa shape index (κ3) is 4.75. The Kier molecular flexibility index (Phi) is 4.90. The molecule has 0 bridgehead atoms. The molecule has 1 atom stereocenters. The van der Waals surface area contributed by atoms with Gasteiger partial charge in [-0.1, -0.05) is 12.1 Å². The smallest absolute Gasteiger partial charge is 0.416 e. The maximum atomic E-state index is 12.4. The van der Waals surface area contributed by atoms with E-state index in [0.717, 1.165) is 18.2 Å². The molecule has 7 heteroatoms. The summed E-state index contributed by atoms with van der Waals surface area (Å²) in [6, 6.07) is 3.82. The second-order valence-corrected chi connectivity index (χ2v) is 4.02. The Balaban J connectivity index is 2.71. The fourth-order valence-electron chi connectivity index (χ4n) is 1.45. The van der Waals surface area contributed by atoms with E-state index in [-0.39, 0.29) is 0 Å². The summed E-state index contributed by atoms with van der Waals surface area (Å²) in [7, 11) is 0. The zero-order valence-corrected chi connectivity index (χ0v) is 10.4. The van der Waals surface area contributed by atoms with E-state index in [1.165, 1.54) is 12.1 Å². The number of hydrogen-bond acceptors (Lipinski definition) is 2. The molecule has 1 unspecified atom stereocenters. The third-order valence-corrected chi connectivity index (χ3v) is 2.47. The highest BCUT2D eigenvalue weighted by Gasteiger charge is 2.30. The van der Waals surface area contributed by atoms with Crippen LogP contribution in [0.5, 0.6) is 0 Å². The molecule has 0 fully saturated rings. The molecule has 4 nitrogen and oxygen atoms in total. The monoisotopic (exact) mass is 287 g/mol. The predicted octanol–water partition coefficient (Wildman–Crippen LogP) is 2.52. The van der Waals surface area contributed by atoms with Crippen molar-refractivity contribution in [2.24, 2.45) is 0 Å². The lowest BCUT2D eigenvalue weighted by Crippen LogP contribution is -2.25. The van der Waals surface area contributed by atoms with Crippen LogP contribution in [0.2, 0.25) is 0 Å². The molecule has 0 radical (unpaired) electrons. The first-order chi connectivity index (χ1) is 9.20. The number of carbonyl (C=O) groups excluding carboxylic acids is 1. The van der Waals surface area contributed by atoms with Gasteiger partial charge in [0.1, 0.15) is 0 Å². The molecule has 0 aromatic heterocycles. The van der Waals surface area contributed by atoms with E-state index in [9.17, 15) is 22.8 Å². The van der Waals surface area contributed by atoms with Crippen molar-refractivity contribution in [3.05, 3.63) is 47.5 Å². The molecular weight excluding hydrogens is 275 g/mol. The van der Waals surface area contributed by atoms with Crippen LogP contribution in [0.4, 0.5) is 13.2 Å². The lowest BCUT2D eigenvalue weighted by Gasteiger charge is -2.14. The van der Waals surface area contributed by atoms with Crippen LogP contribution in [-0.4, -0.2) is 17.0 Å². The molecule has 1 amide bonds. The summed E-state index contributed by atoms with van der Waals surface area (Å²) in [5.74, 6) is -1.90. The van der Waals surface area contributed by atoms with Crippen LogP contribution in [0, 0.1) is 0 Å². The van der Waals surface area contributed by atoms with E-state index in [0.29, 0.717) is 11.6 Å². The summed E-state index contributed by atoms with van der Waals surface area (Å²) in [5, 5.41) is 10.8. The van der Waals surface area contributed by atoms with Gasteiger partial charge in [-0.25, -0.2) is 4.79 Å². The average Bonchev–Trinajstić information content (AvgIpc) is 2.35. The van der Waals surface area contributed by atoms with Crippen LogP contribution < -0.4 is 5.32 Å². The molecular formula is C13H12F3NO3. The summed E-state index contributed by atoms with van der Waals surface area (Å²) in [4.78, 5) is 21.5. The summed E-state index contributed by atoms with van der Waals surface area (Å²) in [6.07, 6.45) is -2.90. The molecule has 0 spiro atoms. The number of hydrogen-bond donors (Lipinski definition) is 2. The number of amides is 1. The van der Waals surface area contributed by atoms with E-state index >= 15 is 0 Å². The number of aliphatic carboxylic acids is 1. The van der Waals surface area contributed by atoms with Gasteiger partial charge >= 0.3 is 12.1 Å². The van der Waals surface area contributed by atoms with Gasteiger partial charge in [0.25, 0.3) is 0 Å². The Bertz CT molecular complexity index is 521. The number of carboxylic acid groups (broad SMARTS) is 1. The van der Waals surface area contributed by atoms with E-state index in [1.807, 2.05) is 0 Å². The normalized spacial score (nSPS) is 13.2. The van der Waals surface area contributed by atoms with Crippen molar-refractivity contribution in [3.8, 4) is 0 Å². The topological polar surface area (TPSA) is 66.4 Å². The Morgan fingerprint density at radius 3 is 2.20 bits per heavy atom. The number of alkyl halides is 3. The van der Waals surface area contributed by atoms with Crippen LogP contribution in [-0.2, 0) is 15.8 Å². The van der Waals surface area contributed by atoms with Crippen LogP contribution in [0.3, 0.4) is 0 Å². The van der Waals surface area contributed by atoms with Gasteiger partial charge in [-0.15, -0.1) is 0 Å². The highest BCUT2D eigenvalue weighted by Crippen LogP contribution is 2.29. The number of nitrogens with one attached hydrogen (secondary N) is 1. The largest absolute Gasteiger partial charge is 0.478 e. The van der Waals surface area contributed by atoms with Crippen LogP contribution in [0.25, 0.3) is 0 Å². The molecule has 20 heavy (non-hydrogen) atoms. The van der Waals surface area contributed by atoms with E-state index < -0.39 is 29.7 Å². The van der Waals surface area contributed by atoms with Gasteiger partial charge in [0.05, 0.1) is 11.6 Å². The fraction of sp³-hybridized carbons (Fsp3) is 0.231. The summed E-state index contributed by atoms with van der Waals surface area (Å²) in [6.45, 7) is 1.58. The zero-order chi connectivity index (χ0) is 15.3. The third-order valence-electron chi connectivity index (χ3n) is 2.47. The Morgan fingerprint density at radius 1 is 1.20 bits per heavy atom. The minimum absolute atomic E-state index is 0.482. The maximum absolute atomic E-state index is 12.4. The molecule has 0 aliphatic rings. The van der Waals surface area contributed by atoms with E-state index in [2.05, 4.69) is 5.32 Å². The van der Waals surface area contributed by atoms with Crippen molar-refractivity contribution in [2.45, 2.75) is 19.1 Å². The lowest BCUT2D eigenvalue weighted by molar-refractivity contribution is -0.137. The second kappa shape index (κ2) is 6.23. The van der Waals surface area contributed by atoms with Gasteiger partial charge in [-0.3, -0.25) is 4.79 Å². The van der Waals surface area contributed by atoms with Gasteiger partial charge in [0.15, 0.2) is 0 Å². The number of rotatable bonds is 4. The lowest BCUT2D eigenvalue weighted by atomic mass is 10.1. The first kappa shape index (κ1) is 15.7. The first-order valence-corrected chi connectivity index (χ1v) is 5.59. The summed E-state index contributed by atoms with van der Waals surface area (Å²) < 4.78 is 37.1. The van der Waals surface area contributed by atoms with E-state index in [4.69, 9.17) is 5.11 Å². The summed E-state index contributed by atoms with van der Waals surface area (Å²) >= 11 is 0. The number of halogens is 3. The molecule has 1 rings (SSSR count). The molecule has 1 aromatic rings. The highest BCUT2D eigenvalue weighted by atomic mass is 19.4. The Labute approximate surface area is 112 Å².